The van der Waals surface area contributed by atoms with Gasteiger partial charge >= 0.3 is 0 Å². The van der Waals surface area contributed by atoms with E-state index < -0.39 is 0 Å². The third-order valence-corrected chi connectivity index (χ3v) is 2.11. The second-order valence-electron chi connectivity index (χ2n) is 3.30. The molecule has 78 valence electrons. The quantitative estimate of drug-likeness (QED) is 0.827. The largest absolute Gasteiger partial charge is 0.316 e. The van der Waals surface area contributed by atoms with Gasteiger partial charge in [-0.3, -0.25) is 0 Å². The molecule has 4 heteroatoms. The van der Waals surface area contributed by atoms with Crippen LogP contribution in [0.25, 0.3) is 5.69 Å². The molecule has 0 aliphatic carbocycles. The predicted molar refractivity (Wildman–Crippen MR) is 56.3 cm³/mol. The van der Waals surface area contributed by atoms with Crippen molar-refractivity contribution in [1.82, 2.24) is 15.1 Å². The lowest BCUT2D eigenvalue weighted by atomic mass is 10.3. The minimum absolute atomic E-state index is 0.235. The highest BCUT2D eigenvalue weighted by Crippen LogP contribution is 2.09. The molecule has 0 saturated carbocycles. The average molecular weight is 205 g/mol. The maximum absolute atomic E-state index is 12.7. The minimum atomic E-state index is -0.235. The molecule has 0 saturated heterocycles. The molecule has 0 unspecified atom stereocenters. The first-order valence-corrected chi connectivity index (χ1v) is 4.73. The number of nitrogens with one attached hydrogen (secondary N) is 1. The molecular weight excluding hydrogens is 193 g/mol. The van der Waals surface area contributed by atoms with E-state index in [1.54, 1.807) is 23.0 Å². The Morgan fingerprint density at radius 3 is 2.73 bits per heavy atom. The normalized spacial score (nSPS) is 10.5. The maximum atomic E-state index is 12.7. The van der Waals surface area contributed by atoms with E-state index in [-0.39, 0.29) is 5.82 Å². The van der Waals surface area contributed by atoms with Gasteiger partial charge in [0.2, 0.25) is 0 Å². The molecule has 0 spiro atoms. The van der Waals surface area contributed by atoms with Crippen molar-refractivity contribution in [2.45, 2.75) is 6.54 Å². The first-order chi connectivity index (χ1) is 7.29. The molecule has 1 N–H and O–H groups in total. The van der Waals surface area contributed by atoms with Gasteiger partial charge in [-0.15, -0.1) is 0 Å². The molecule has 0 bridgehead atoms. The average Bonchev–Trinajstić information content (AvgIpc) is 2.68. The molecule has 0 aliphatic rings. The Morgan fingerprint density at radius 1 is 1.33 bits per heavy atom. The van der Waals surface area contributed by atoms with Crippen LogP contribution in [0.3, 0.4) is 0 Å². The van der Waals surface area contributed by atoms with Gasteiger partial charge in [0.15, 0.2) is 0 Å². The fourth-order valence-corrected chi connectivity index (χ4v) is 1.39. The molecule has 1 heterocycles. The minimum Gasteiger partial charge on any atom is -0.316 e. The van der Waals surface area contributed by atoms with Gasteiger partial charge < -0.3 is 5.32 Å². The van der Waals surface area contributed by atoms with Crippen LogP contribution in [-0.2, 0) is 6.54 Å². The van der Waals surface area contributed by atoms with E-state index in [1.807, 2.05) is 13.2 Å². The Labute approximate surface area is 87.5 Å². The van der Waals surface area contributed by atoms with Crippen LogP contribution in [0.1, 0.15) is 5.56 Å². The first-order valence-electron chi connectivity index (χ1n) is 4.73. The fraction of sp³-hybridized carbons (Fsp3) is 0.182. The van der Waals surface area contributed by atoms with Crippen molar-refractivity contribution in [3.8, 4) is 5.69 Å². The van der Waals surface area contributed by atoms with Gasteiger partial charge in [0, 0.05) is 18.3 Å². The number of nitrogens with zero attached hydrogens (tertiary/aromatic N) is 2. The van der Waals surface area contributed by atoms with E-state index in [1.165, 1.54) is 12.1 Å². The molecule has 0 atom stereocenters. The van der Waals surface area contributed by atoms with E-state index >= 15 is 0 Å². The molecule has 15 heavy (non-hydrogen) atoms. The second-order valence-corrected chi connectivity index (χ2v) is 3.30. The summed E-state index contributed by atoms with van der Waals surface area (Å²) in [7, 11) is 1.88. The van der Waals surface area contributed by atoms with Crippen molar-refractivity contribution in [1.29, 1.82) is 0 Å². The summed E-state index contributed by atoms with van der Waals surface area (Å²) in [5.74, 6) is -0.235. The van der Waals surface area contributed by atoms with Crippen LogP contribution in [0.5, 0.6) is 0 Å². The molecule has 1 aromatic heterocycles. The number of aromatic nitrogens is 2. The standard InChI is InChI=1S/C11H12FN3/c1-13-6-9-7-14-15(8-9)11-4-2-10(12)3-5-11/h2-5,7-8,13H,6H2,1H3. The lowest BCUT2D eigenvalue weighted by Gasteiger charge is -1.99. The van der Waals surface area contributed by atoms with Crippen LogP contribution in [-0.4, -0.2) is 16.8 Å². The second kappa shape index (κ2) is 4.23. The Balaban J connectivity index is 2.25. The molecule has 0 amide bonds. The fourth-order valence-electron chi connectivity index (χ4n) is 1.39. The van der Waals surface area contributed by atoms with Gasteiger partial charge in [0.25, 0.3) is 0 Å². The van der Waals surface area contributed by atoms with Crippen LogP contribution in [0.15, 0.2) is 36.7 Å². The summed E-state index contributed by atoms with van der Waals surface area (Å²) < 4.78 is 14.4. The summed E-state index contributed by atoms with van der Waals surface area (Å²) >= 11 is 0. The topological polar surface area (TPSA) is 29.9 Å². The number of hydrogen-bond acceptors (Lipinski definition) is 2. The van der Waals surface area contributed by atoms with Crippen LogP contribution in [0.2, 0.25) is 0 Å². The molecule has 2 aromatic rings. The van der Waals surface area contributed by atoms with E-state index in [0.717, 1.165) is 17.8 Å². The molecule has 0 radical (unpaired) electrons. The Hall–Kier alpha value is -1.68. The first kappa shape index (κ1) is 9.86. The van der Waals surface area contributed by atoms with Crippen LogP contribution in [0, 0.1) is 5.82 Å². The summed E-state index contributed by atoms with van der Waals surface area (Å²) in [5.41, 5.74) is 1.96. The van der Waals surface area contributed by atoms with Crippen molar-refractivity contribution < 1.29 is 4.39 Å². The number of hydrogen-bond donors (Lipinski definition) is 1. The smallest absolute Gasteiger partial charge is 0.123 e. The van der Waals surface area contributed by atoms with E-state index in [2.05, 4.69) is 10.4 Å². The van der Waals surface area contributed by atoms with Gasteiger partial charge in [-0.1, -0.05) is 0 Å². The summed E-state index contributed by atoms with van der Waals surface area (Å²) in [6, 6.07) is 6.25. The molecule has 1 aromatic carbocycles. The van der Waals surface area contributed by atoms with Crippen molar-refractivity contribution in [3.63, 3.8) is 0 Å². The lowest BCUT2D eigenvalue weighted by molar-refractivity contribution is 0.627. The maximum Gasteiger partial charge on any atom is 0.123 e. The Morgan fingerprint density at radius 2 is 2.07 bits per heavy atom. The molecular formula is C11H12FN3. The van der Waals surface area contributed by atoms with Gasteiger partial charge in [-0.2, -0.15) is 5.10 Å². The SMILES string of the molecule is CNCc1cnn(-c2ccc(F)cc2)c1. The summed E-state index contributed by atoms with van der Waals surface area (Å²) in [6.45, 7) is 0.779. The molecule has 2 rings (SSSR count). The summed E-state index contributed by atoms with van der Waals surface area (Å²) in [6.07, 6.45) is 3.71. The third-order valence-electron chi connectivity index (χ3n) is 2.11. The predicted octanol–water partition coefficient (Wildman–Crippen LogP) is 1.73. The summed E-state index contributed by atoms with van der Waals surface area (Å²) in [4.78, 5) is 0. The Bertz CT molecular complexity index is 433. The van der Waals surface area contributed by atoms with Gasteiger partial charge in [0.1, 0.15) is 5.82 Å². The lowest BCUT2D eigenvalue weighted by Crippen LogP contribution is -2.03. The van der Waals surface area contributed by atoms with E-state index in [4.69, 9.17) is 0 Å². The van der Waals surface area contributed by atoms with E-state index in [0.29, 0.717) is 0 Å². The van der Waals surface area contributed by atoms with Crippen LogP contribution >= 0.6 is 0 Å². The van der Waals surface area contributed by atoms with Gasteiger partial charge in [-0.25, -0.2) is 9.07 Å². The highest BCUT2D eigenvalue weighted by Gasteiger charge is 1.99. The van der Waals surface area contributed by atoms with Gasteiger partial charge in [-0.05, 0) is 31.3 Å². The van der Waals surface area contributed by atoms with Crippen molar-refractivity contribution in [2.75, 3.05) is 7.05 Å². The number of halogens is 1. The highest BCUT2D eigenvalue weighted by atomic mass is 19.1. The highest BCUT2D eigenvalue weighted by molar-refractivity contribution is 5.31. The van der Waals surface area contributed by atoms with Gasteiger partial charge in [0.05, 0.1) is 11.9 Å². The zero-order chi connectivity index (χ0) is 10.7. The van der Waals surface area contributed by atoms with Crippen LogP contribution in [0.4, 0.5) is 4.39 Å². The van der Waals surface area contributed by atoms with Crippen LogP contribution < -0.4 is 5.32 Å². The molecule has 0 fully saturated rings. The zero-order valence-corrected chi connectivity index (χ0v) is 8.44. The van der Waals surface area contributed by atoms with E-state index in [9.17, 15) is 4.39 Å². The zero-order valence-electron chi connectivity index (χ0n) is 8.44. The monoisotopic (exact) mass is 205 g/mol. The number of benzene rings is 1. The number of rotatable bonds is 3. The van der Waals surface area contributed by atoms with Crippen molar-refractivity contribution >= 4 is 0 Å². The third kappa shape index (κ3) is 2.22. The molecule has 0 aliphatic heterocycles. The summed E-state index contributed by atoms with van der Waals surface area (Å²) in [5, 5.41) is 7.23. The molecule has 3 nitrogen and oxygen atoms in total. The Kier molecular flexibility index (Phi) is 2.78. The van der Waals surface area contributed by atoms with Crippen molar-refractivity contribution in [3.05, 3.63) is 48.0 Å². The van der Waals surface area contributed by atoms with Crippen molar-refractivity contribution in [2.24, 2.45) is 0 Å².